The highest BCUT2D eigenvalue weighted by atomic mass is 16.5. The summed E-state index contributed by atoms with van der Waals surface area (Å²) < 4.78 is 5.10. The minimum absolute atomic E-state index is 0.135. The quantitative estimate of drug-likeness (QED) is 0.593. The number of ether oxygens (including phenoxy) is 1. The Morgan fingerprint density at radius 3 is 2.20 bits per heavy atom. The summed E-state index contributed by atoms with van der Waals surface area (Å²) in [6.45, 7) is 13.3. The Morgan fingerprint density at radius 1 is 1.20 bits per heavy atom. The lowest BCUT2D eigenvalue weighted by Crippen LogP contribution is -2.43. The van der Waals surface area contributed by atoms with Crippen LogP contribution >= 0.6 is 0 Å². The molecule has 0 fully saturated rings. The van der Waals surface area contributed by atoms with Crippen LogP contribution in [-0.2, 0) is 9.53 Å². The van der Waals surface area contributed by atoms with E-state index < -0.39 is 0 Å². The number of likely N-dealkylation sites (N-methyl/N-ethyl adjacent to an activating group) is 1. The molecule has 4 nitrogen and oxygen atoms in total. The molecule has 1 N–H and O–H groups in total. The third-order valence-corrected chi connectivity index (χ3v) is 3.68. The number of nitrogens with zero attached hydrogens (tertiary/aromatic N) is 1. The highest BCUT2D eigenvalue weighted by Crippen LogP contribution is 2.13. The Balaban J connectivity index is 4.52. The molecule has 0 aromatic rings. The van der Waals surface area contributed by atoms with Crippen LogP contribution in [-0.4, -0.2) is 49.7 Å². The number of esters is 1. The largest absolute Gasteiger partial charge is 0.465 e. The number of rotatable bonds is 11. The molecule has 1 atom stereocenters. The second-order valence-electron chi connectivity index (χ2n) is 5.74. The fourth-order valence-electron chi connectivity index (χ4n) is 2.61. The second-order valence-corrected chi connectivity index (χ2v) is 5.74. The van der Waals surface area contributed by atoms with Crippen molar-refractivity contribution in [1.29, 1.82) is 0 Å². The van der Waals surface area contributed by atoms with E-state index in [2.05, 4.69) is 37.9 Å². The zero-order valence-corrected chi connectivity index (χ0v) is 14.2. The van der Waals surface area contributed by atoms with E-state index in [1.165, 1.54) is 0 Å². The molecule has 0 spiro atoms. The minimum Gasteiger partial charge on any atom is -0.465 e. The first kappa shape index (κ1) is 19.4. The Kier molecular flexibility index (Phi) is 10.8. The molecule has 0 aromatic carbocycles. The molecule has 0 saturated carbocycles. The molecule has 20 heavy (non-hydrogen) atoms. The summed E-state index contributed by atoms with van der Waals surface area (Å²) in [6, 6.07) is 0.413. The third kappa shape index (κ3) is 7.25. The van der Waals surface area contributed by atoms with E-state index in [1.54, 1.807) is 0 Å². The van der Waals surface area contributed by atoms with E-state index in [1.807, 2.05) is 14.0 Å². The first-order valence-corrected chi connectivity index (χ1v) is 8.07. The van der Waals surface area contributed by atoms with E-state index in [-0.39, 0.29) is 12.0 Å². The Bertz CT molecular complexity index is 253. The van der Waals surface area contributed by atoms with Crippen LogP contribution in [0.1, 0.15) is 53.9 Å². The van der Waals surface area contributed by atoms with Gasteiger partial charge in [-0.05, 0) is 39.2 Å². The first-order valence-electron chi connectivity index (χ1n) is 8.07. The lowest BCUT2D eigenvalue weighted by atomic mass is 10.1. The maximum absolute atomic E-state index is 11.8. The Labute approximate surface area is 125 Å². The van der Waals surface area contributed by atoms with Crippen LogP contribution in [0.25, 0.3) is 0 Å². The highest BCUT2D eigenvalue weighted by Gasteiger charge is 2.21. The van der Waals surface area contributed by atoms with Crippen LogP contribution in [0.5, 0.6) is 0 Å². The number of nitrogens with one attached hydrogen (secondary N) is 1. The Morgan fingerprint density at radius 2 is 1.80 bits per heavy atom. The standard InChI is InChI=1S/C16H34N2O2/c1-7-14(8-2)18(12-13(4)5)11-10-15(17-6)16(19)20-9-3/h13-15,17H,7-12H2,1-6H3. The molecule has 0 bridgehead atoms. The van der Waals surface area contributed by atoms with Gasteiger partial charge in [-0.15, -0.1) is 0 Å². The molecular formula is C16H34N2O2. The van der Waals surface area contributed by atoms with Crippen molar-refractivity contribution in [2.75, 3.05) is 26.7 Å². The summed E-state index contributed by atoms with van der Waals surface area (Å²) in [5, 5.41) is 3.07. The molecule has 120 valence electrons. The molecule has 0 heterocycles. The van der Waals surface area contributed by atoms with Crippen LogP contribution in [0.3, 0.4) is 0 Å². The van der Waals surface area contributed by atoms with Crippen molar-refractivity contribution in [3.05, 3.63) is 0 Å². The molecule has 0 aliphatic carbocycles. The van der Waals surface area contributed by atoms with Gasteiger partial charge in [0.25, 0.3) is 0 Å². The number of carbonyl (C=O) groups is 1. The van der Waals surface area contributed by atoms with Crippen molar-refractivity contribution in [3.8, 4) is 0 Å². The van der Waals surface area contributed by atoms with Gasteiger partial charge in [0.05, 0.1) is 6.61 Å². The first-order chi connectivity index (χ1) is 9.49. The van der Waals surface area contributed by atoms with Gasteiger partial charge in [0.1, 0.15) is 6.04 Å². The second kappa shape index (κ2) is 11.1. The summed E-state index contributed by atoms with van der Waals surface area (Å²) in [4.78, 5) is 14.3. The predicted octanol–water partition coefficient (Wildman–Crippen LogP) is 2.67. The molecule has 0 radical (unpaired) electrons. The molecular weight excluding hydrogens is 252 g/mol. The summed E-state index contributed by atoms with van der Waals surface area (Å²) in [5.41, 5.74) is 0. The van der Waals surface area contributed by atoms with Gasteiger partial charge in [0.15, 0.2) is 0 Å². The smallest absolute Gasteiger partial charge is 0.323 e. The van der Waals surface area contributed by atoms with Gasteiger partial charge in [0.2, 0.25) is 0 Å². The van der Waals surface area contributed by atoms with Crippen molar-refractivity contribution < 1.29 is 9.53 Å². The highest BCUT2D eigenvalue weighted by molar-refractivity contribution is 5.75. The molecule has 4 heteroatoms. The van der Waals surface area contributed by atoms with Gasteiger partial charge < -0.3 is 15.0 Å². The average molecular weight is 286 g/mol. The number of carbonyl (C=O) groups excluding carboxylic acids is 1. The zero-order valence-electron chi connectivity index (χ0n) is 14.2. The van der Waals surface area contributed by atoms with Crippen molar-refractivity contribution in [2.24, 2.45) is 5.92 Å². The third-order valence-electron chi connectivity index (χ3n) is 3.68. The Hall–Kier alpha value is -0.610. The van der Waals surface area contributed by atoms with Crippen molar-refractivity contribution in [2.45, 2.75) is 66.0 Å². The monoisotopic (exact) mass is 286 g/mol. The summed E-state index contributed by atoms with van der Waals surface area (Å²) in [5.74, 6) is 0.510. The van der Waals surface area contributed by atoms with E-state index in [0.717, 1.165) is 32.4 Å². The normalized spacial score (nSPS) is 13.2. The van der Waals surface area contributed by atoms with Crippen molar-refractivity contribution >= 4 is 5.97 Å². The van der Waals surface area contributed by atoms with E-state index >= 15 is 0 Å². The average Bonchev–Trinajstić information content (AvgIpc) is 2.40. The zero-order chi connectivity index (χ0) is 15.5. The summed E-state index contributed by atoms with van der Waals surface area (Å²) in [6.07, 6.45) is 3.12. The van der Waals surface area contributed by atoms with Crippen molar-refractivity contribution in [3.63, 3.8) is 0 Å². The van der Waals surface area contributed by atoms with E-state index in [4.69, 9.17) is 4.74 Å². The summed E-state index contributed by atoms with van der Waals surface area (Å²) in [7, 11) is 1.82. The predicted molar refractivity (Wildman–Crippen MR) is 84.9 cm³/mol. The topological polar surface area (TPSA) is 41.6 Å². The molecule has 0 rings (SSSR count). The molecule has 0 aromatic heterocycles. The van der Waals surface area contributed by atoms with Gasteiger partial charge in [-0.1, -0.05) is 27.7 Å². The molecule has 1 unspecified atom stereocenters. The van der Waals surface area contributed by atoms with Gasteiger partial charge in [-0.3, -0.25) is 4.79 Å². The lowest BCUT2D eigenvalue weighted by Gasteiger charge is -2.32. The minimum atomic E-state index is -0.195. The SMILES string of the molecule is CCOC(=O)C(CCN(CC(C)C)C(CC)CC)NC. The van der Waals surface area contributed by atoms with Crippen LogP contribution in [0, 0.1) is 5.92 Å². The molecule has 0 saturated heterocycles. The maximum atomic E-state index is 11.8. The van der Waals surface area contributed by atoms with Gasteiger partial charge >= 0.3 is 5.97 Å². The van der Waals surface area contributed by atoms with Gasteiger partial charge in [-0.25, -0.2) is 0 Å². The van der Waals surface area contributed by atoms with Gasteiger partial charge in [0, 0.05) is 19.1 Å². The van der Waals surface area contributed by atoms with Crippen LogP contribution in [0.15, 0.2) is 0 Å². The van der Waals surface area contributed by atoms with Crippen molar-refractivity contribution in [1.82, 2.24) is 10.2 Å². The molecule has 0 aliphatic heterocycles. The van der Waals surface area contributed by atoms with E-state index in [9.17, 15) is 4.79 Å². The van der Waals surface area contributed by atoms with E-state index in [0.29, 0.717) is 18.6 Å². The number of hydrogen-bond donors (Lipinski definition) is 1. The molecule has 0 aliphatic rings. The lowest BCUT2D eigenvalue weighted by molar-refractivity contribution is -0.145. The summed E-state index contributed by atoms with van der Waals surface area (Å²) >= 11 is 0. The van der Waals surface area contributed by atoms with Gasteiger partial charge in [-0.2, -0.15) is 0 Å². The number of hydrogen-bond acceptors (Lipinski definition) is 4. The van der Waals surface area contributed by atoms with Crippen LogP contribution < -0.4 is 5.32 Å². The van der Waals surface area contributed by atoms with Crippen LogP contribution in [0.2, 0.25) is 0 Å². The fourth-order valence-corrected chi connectivity index (χ4v) is 2.61. The fraction of sp³-hybridized carbons (Fsp3) is 0.938. The van der Waals surface area contributed by atoms with Crippen LogP contribution in [0.4, 0.5) is 0 Å². The molecule has 0 amide bonds. The maximum Gasteiger partial charge on any atom is 0.323 e.